The zero-order chi connectivity index (χ0) is 17.2. The Hall–Kier alpha value is -2.86. The minimum Gasteiger partial charge on any atom is -0.497 e. The molecule has 128 valence electrons. The van der Waals surface area contributed by atoms with E-state index in [1.165, 1.54) is 0 Å². The number of rotatable bonds is 3. The summed E-state index contributed by atoms with van der Waals surface area (Å²) in [6, 6.07) is 11.4. The maximum Gasteiger partial charge on any atom is 0.270 e. The van der Waals surface area contributed by atoms with Crippen LogP contribution in [0.25, 0.3) is 10.9 Å². The number of carbonyl (C=O) groups is 1. The number of aromatic nitrogens is 2. The van der Waals surface area contributed by atoms with Crippen molar-refractivity contribution in [3.8, 4) is 5.75 Å². The molecule has 0 aliphatic carbocycles. The summed E-state index contributed by atoms with van der Waals surface area (Å²) in [7, 11) is 1.63. The highest BCUT2D eigenvalue weighted by Gasteiger charge is 2.27. The molecule has 1 aliphatic heterocycles. The van der Waals surface area contributed by atoms with Gasteiger partial charge in [0.2, 0.25) is 0 Å². The van der Waals surface area contributed by atoms with E-state index in [-0.39, 0.29) is 12.0 Å². The summed E-state index contributed by atoms with van der Waals surface area (Å²) < 4.78 is 11.0. The van der Waals surface area contributed by atoms with Crippen LogP contribution in [-0.2, 0) is 4.74 Å². The summed E-state index contributed by atoms with van der Waals surface area (Å²) >= 11 is 0. The van der Waals surface area contributed by atoms with Crippen molar-refractivity contribution in [2.75, 3.05) is 26.8 Å². The predicted octanol–water partition coefficient (Wildman–Crippen LogP) is 2.79. The third-order valence-corrected chi connectivity index (χ3v) is 4.47. The Bertz CT molecular complexity index is 891. The number of hydrogen-bond donors (Lipinski definition) is 1. The molecule has 0 saturated carbocycles. The van der Waals surface area contributed by atoms with Gasteiger partial charge >= 0.3 is 0 Å². The van der Waals surface area contributed by atoms with Crippen molar-refractivity contribution in [1.82, 2.24) is 14.9 Å². The van der Waals surface area contributed by atoms with E-state index in [9.17, 15) is 4.79 Å². The van der Waals surface area contributed by atoms with Crippen molar-refractivity contribution in [2.24, 2.45) is 0 Å². The van der Waals surface area contributed by atoms with Gasteiger partial charge in [-0.1, -0.05) is 6.07 Å². The van der Waals surface area contributed by atoms with Gasteiger partial charge in [-0.2, -0.15) is 0 Å². The van der Waals surface area contributed by atoms with Crippen LogP contribution in [0.1, 0.15) is 22.2 Å². The highest BCUT2D eigenvalue weighted by Crippen LogP contribution is 2.25. The van der Waals surface area contributed by atoms with E-state index in [2.05, 4.69) is 9.97 Å². The Balaban J connectivity index is 1.56. The average Bonchev–Trinajstić information content (AvgIpc) is 3.11. The second-order valence-electron chi connectivity index (χ2n) is 6.03. The van der Waals surface area contributed by atoms with Gasteiger partial charge in [-0.05, 0) is 30.3 Å². The second kappa shape index (κ2) is 6.57. The van der Waals surface area contributed by atoms with Gasteiger partial charge in [0, 0.05) is 35.4 Å². The van der Waals surface area contributed by atoms with Crippen LogP contribution in [0, 0.1) is 0 Å². The molecular weight excluding hydrogens is 318 g/mol. The molecule has 2 aromatic heterocycles. The first-order valence-electron chi connectivity index (χ1n) is 8.22. The molecule has 0 spiro atoms. The molecule has 1 atom stereocenters. The van der Waals surface area contributed by atoms with Gasteiger partial charge in [0.05, 0.1) is 20.3 Å². The molecule has 25 heavy (non-hydrogen) atoms. The number of fused-ring (bicyclic) bond motifs is 1. The van der Waals surface area contributed by atoms with Crippen LogP contribution in [-0.4, -0.2) is 47.6 Å². The number of nitrogens with one attached hydrogen (secondary N) is 1. The molecule has 1 amide bonds. The second-order valence-corrected chi connectivity index (χ2v) is 6.03. The van der Waals surface area contributed by atoms with E-state index in [0.717, 1.165) is 22.2 Å². The quantitative estimate of drug-likeness (QED) is 0.798. The Morgan fingerprint density at radius 1 is 1.36 bits per heavy atom. The van der Waals surface area contributed by atoms with Crippen LogP contribution in [0.5, 0.6) is 5.75 Å². The van der Waals surface area contributed by atoms with Crippen LogP contribution < -0.4 is 4.74 Å². The molecule has 1 aromatic carbocycles. The number of amides is 1. The van der Waals surface area contributed by atoms with E-state index < -0.39 is 0 Å². The third kappa shape index (κ3) is 3.08. The van der Waals surface area contributed by atoms with E-state index in [1.807, 2.05) is 41.3 Å². The molecule has 4 rings (SSSR count). The first-order chi connectivity index (χ1) is 12.2. The lowest BCUT2D eigenvalue weighted by Crippen LogP contribution is -2.42. The van der Waals surface area contributed by atoms with Gasteiger partial charge in [0.15, 0.2) is 0 Å². The van der Waals surface area contributed by atoms with E-state index >= 15 is 0 Å². The number of carbonyl (C=O) groups excluding carboxylic acids is 1. The smallest absolute Gasteiger partial charge is 0.270 e. The molecule has 3 aromatic rings. The molecular formula is C19H19N3O3. The lowest BCUT2D eigenvalue weighted by atomic mass is 10.1. The largest absolute Gasteiger partial charge is 0.497 e. The molecule has 1 saturated heterocycles. The topological polar surface area (TPSA) is 67.5 Å². The predicted molar refractivity (Wildman–Crippen MR) is 93.7 cm³/mol. The third-order valence-electron chi connectivity index (χ3n) is 4.47. The lowest BCUT2D eigenvalue weighted by Gasteiger charge is -2.32. The normalized spacial score (nSPS) is 17.6. The van der Waals surface area contributed by atoms with Crippen molar-refractivity contribution in [3.63, 3.8) is 0 Å². The fraction of sp³-hybridized carbons (Fsp3) is 0.263. The van der Waals surface area contributed by atoms with Crippen LogP contribution in [0.3, 0.4) is 0 Å². The molecule has 1 fully saturated rings. The van der Waals surface area contributed by atoms with Gasteiger partial charge < -0.3 is 19.4 Å². The van der Waals surface area contributed by atoms with Gasteiger partial charge in [-0.3, -0.25) is 9.78 Å². The number of aromatic amines is 1. The number of pyridine rings is 1. The van der Waals surface area contributed by atoms with Crippen LogP contribution >= 0.6 is 0 Å². The van der Waals surface area contributed by atoms with Crippen LogP contribution in [0.4, 0.5) is 0 Å². The Morgan fingerprint density at radius 3 is 3.08 bits per heavy atom. The van der Waals surface area contributed by atoms with Gasteiger partial charge in [0.1, 0.15) is 17.5 Å². The number of methoxy groups -OCH3 is 1. The Labute approximate surface area is 145 Å². The molecule has 3 heterocycles. The zero-order valence-corrected chi connectivity index (χ0v) is 13.9. The molecule has 6 heteroatoms. The minimum absolute atomic E-state index is 0.0210. The Kier molecular flexibility index (Phi) is 4.11. The number of nitrogens with zero attached hydrogens (tertiary/aromatic N) is 2. The number of morpholine rings is 1. The number of benzene rings is 1. The lowest BCUT2D eigenvalue weighted by molar-refractivity contribution is -0.0231. The van der Waals surface area contributed by atoms with Gasteiger partial charge in [0.25, 0.3) is 5.91 Å². The van der Waals surface area contributed by atoms with Crippen molar-refractivity contribution in [3.05, 3.63) is 60.0 Å². The highest BCUT2D eigenvalue weighted by atomic mass is 16.5. The number of ether oxygens (including phenoxy) is 2. The van der Waals surface area contributed by atoms with Crippen molar-refractivity contribution in [2.45, 2.75) is 6.10 Å². The van der Waals surface area contributed by atoms with E-state index in [1.54, 1.807) is 19.5 Å². The fourth-order valence-electron chi connectivity index (χ4n) is 3.13. The summed E-state index contributed by atoms with van der Waals surface area (Å²) in [5.41, 5.74) is 2.48. The SMILES string of the molecule is COc1ccc2[nH]c(C(=O)N3CCO[C@H](c4cccnc4)C3)cc2c1. The van der Waals surface area contributed by atoms with Crippen molar-refractivity contribution < 1.29 is 14.3 Å². The maximum absolute atomic E-state index is 12.9. The molecule has 6 nitrogen and oxygen atoms in total. The summed E-state index contributed by atoms with van der Waals surface area (Å²) in [5.74, 6) is 0.751. The van der Waals surface area contributed by atoms with E-state index in [4.69, 9.17) is 9.47 Å². The number of H-pyrrole nitrogens is 1. The molecule has 0 unspecified atom stereocenters. The fourth-order valence-corrected chi connectivity index (χ4v) is 3.13. The highest BCUT2D eigenvalue weighted by molar-refractivity contribution is 5.98. The van der Waals surface area contributed by atoms with Crippen molar-refractivity contribution >= 4 is 16.8 Å². The van der Waals surface area contributed by atoms with Gasteiger partial charge in [-0.25, -0.2) is 0 Å². The van der Waals surface area contributed by atoms with E-state index in [0.29, 0.717) is 25.4 Å². The summed E-state index contributed by atoms with van der Waals surface area (Å²) in [5, 5.41) is 0.958. The Morgan fingerprint density at radius 2 is 2.28 bits per heavy atom. The molecule has 0 radical (unpaired) electrons. The van der Waals surface area contributed by atoms with Crippen molar-refractivity contribution in [1.29, 1.82) is 0 Å². The van der Waals surface area contributed by atoms with Gasteiger partial charge in [-0.15, -0.1) is 0 Å². The summed E-state index contributed by atoms with van der Waals surface area (Å²) in [6.07, 6.45) is 3.37. The maximum atomic E-state index is 12.9. The van der Waals surface area contributed by atoms with Crippen LogP contribution in [0.2, 0.25) is 0 Å². The molecule has 1 aliphatic rings. The molecule has 1 N–H and O–H groups in total. The summed E-state index contributed by atoms with van der Waals surface area (Å²) in [6.45, 7) is 1.61. The summed E-state index contributed by atoms with van der Waals surface area (Å²) in [4.78, 5) is 22.0. The number of hydrogen-bond acceptors (Lipinski definition) is 4. The zero-order valence-electron chi connectivity index (χ0n) is 13.9. The average molecular weight is 337 g/mol. The first kappa shape index (κ1) is 15.7. The first-order valence-corrected chi connectivity index (χ1v) is 8.22. The molecule has 0 bridgehead atoms. The minimum atomic E-state index is -0.143. The monoisotopic (exact) mass is 337 g/mol. The van der Waals surface area contributed by atoms with Crippen LogP contribution in [0.15, 0.2) is 48.8 Å². The standard InChI is InChI=1S/C19H19N3O3/c1-24-15-4-5-16-14(9-15)10-17(21-16)19(23)22-7-8-25-18(12-22)13-3-2-6-20-11-13/h2-6,9-11,18,21H,7-8,12H2,1H3/t18-/m0/s1.